The molecule has 6 nitrogen and oxygen atoms in total. The van der Waals surface area contributed by atoms with Crippen LogP contribution in [0.4, 0.5) is 13.2 Å². The van der Waals surface area contributed by atoms with Crippen molar-refractivity contribution >= 4 is 5.96 Å². The van der Waals surface area contributed by atoms with Gasteiger partial charge in [-0.2, -0.15) is 13.2 Å². The van der Waals surface area contributed by atoms with Crippen molar-refractivity contribution in [3.8, 4) is 0 Å². The molecule has 0 aliphatic carbocycles. The third-order valence-electron chi connectivity index (χ3n) is 4.95. The van der Waals surface area contributed by atoms with E-state index in [1.165, 1.54) is 18.4 Å². The number of piperazine rings is 1. The van der Waals surface area contributed by atoms with E-state index in [9.17, 15) is 18.3 Å². The number of aliphatic imine (C=N–C) groups is 1. The van der Waals surface area contributed by atoms with Gasteiger partial charge in [0.05, 0.1) is 18.4 Å². The lowest BCUT2D eigenvalue weighted by atomic mass is 10.1. The van der Waals surface area contributed by atoms with Crippen molar-refractivity contribution in [3.05, 3.63) is 59.5 Å². The van der Waals surface area contributed by atoms with E-state index in [1.807, 2.05) is 6.92 Å². The molecule has 0 saturated carbocycles. The zero-order valence-corrected chi connectivity index (χ0v) is 16.9. The van der Waals surface area contributed by atoms with Crippen LogP contribution in [0.25, 0.3) is 0 Å². The van der Waals surface area contributed by atoms with Gasteiger partial charge in [-0.05, 0) is 30.7 Å². The summed E-state index contributed by atoms with van der Waals surface area (Å²) >= 11 is 0. The fraction of sp³-hybridized carbons (Fsp3) is 0.476. The molecule has 2 N–H and O–H groups in total. The molecule has 0 bridgehead atoms. The van der Waals surface area contributed by atoms with Gasteiger partial charge in [0.1, 0.15) is 11.9 Å². The summed E-state index contributed by atoms with van der Waals surface area (Å²) in [7, 11) is 0. The molecule has 1 aromatic carbocycles. The monoisotopic (exact) mass is 424 g/mol. The number of rotatable bonds is 6. The zero-order valence-electron chi connectivity index (χ0n) is 16.9. The van der Waals surface area contributed by atoms with Gasteiger partial charge in [-0.1, -0.05) is 18.2 Å². The number of nitrogens with one attached hydrogen (secondary N) is 1. The minimum atomic E-state index is -4.33. The molecule has 1 atom stereocenters. The number of alkyl halides is 3. The Morgan fingerprint density at radius 2 is 1.97 bits per heavy atom. The number of furan rings is 1. The molecule has 30 heavy (non-hydrogen) atoms. The van der Waals surface area contributed by atoms with E-state index in [-0.39, 0.29) is 6.54 Å². The lowest BCUT2D eigenvalue weighted by Crippen LogP contribution is -2.52. The highest BCUT2D eigenvalue weighted by molar-refractivity contribution is 5.80. The molecule has 1 fully saturated rings. The predicted octanol–water partition coefficient (Wildman–Crippen LogP) is 3.12. The van der Waals surface area contributed by atoms with Crippen LogP contribution < -0.4 is 5.32 Å². The quantitative estimate of drug-likeness (QED) is 0.551. The number of aliphatic hydroxyl groups is 1. The number of guanidine groups is 1. The molecule has 1 aliphatic heterocycles. The predicted molar refractivity (Wildman–Crippen MR) is 108 cm³/mol. The van der Waals surface area contributed by atoms with Crippen molar-refractivity contribution < 1.29 is 22.7 Å². The maximum Gasteiger partial charge on any atom is 0.416 e. The molecule has 1 unspecified atom stereocenters. The van der Waals surface area contributed by atoms with Gasteiger partial charge in [0.15, 0.2) is 5.96 Å². The lowest BCUT2D eigenvalue weighted by Gasteiger charge is -2.36. The Bertz CT molecular complexity index is 816. The first-order chi connectivity index (χ1) is 14.4. The van der Waals surface area contributed by atoms with Gasteiger partial charge >= 0.3 is 6.18 Å². The van der Waals surface area contributed by atoms with Crippen LogP contribution in [0.5, 0.6) is 0 Å². The molecule has 1 aliphatic rings. The van der Waals surface area contributed by atoms with Gasteiger partial charge in [0, 0.05) is 39.3 Å². The fourth-order valence-electron chi connectivity index (χ4n) is 3.39. The van der Waals surface area contributed by atoms with Crippen LogP contribution in [-0.2, 0) is 12.7 Å². The Labute approximate surface area is 174 Å². The van der Waals surface area contributed by atoms with Crippen LogP contribution in [0.2, 0.25) is 0 Å². The topological polar surface area (TPSA) is 64.2 Å². The molecule has 0 spiro atoms. The number of nitrogens with zero attached hydrogens (tertiary/aromatic N) is 3. The van der Waals surface area contributed by atoms with Crippen molar-refractivity contribution in [2.24, 2.45) is 4.99 Å². The molecule has 0 radical (unpaired) electrons. The van der Waals surface area contributed by atoms with Gasteiger partial charge in [0.2, 0.25) is 0 Å². The maximum absolute atomic E-state index is 12.9. The maximum atomic E-state index is 12.9. The number of halogens is 3. The molecule has 2 aromatic rings. The van der Waals surface area contributed by atoms with Gasteiger partial charge in [-0.3, -0.25) is 4.90 Å². The third-order valence-corrected chi connectivity index (χ3v) is 4.95. The minimum absolute atomic E-state index is 0.181. The first-order valence-electron chi connectivity index (χ1n) is 10.00. The molecule has 1 aromatic heterocycles. The molecule has 9 heteroatoms. The molecule has 0 amide bonds. The Hall–Kier alpha value is -2.52. The van der Waals surface area contributed by atoms with Gasteiger partial charge < -0.3 is 19.7 Å². The van der Waals surface area contributed by atoms with Crippen molar-refractivity contribution in [2.45, 2.75) is 25.7 Å². The van der Waals surface area contributed by atoms with E-state index < -0.39 is 17.8 Å². The Balaban J connectivity index is 1.55. The van der Waals surface area contributed by atoms with Crippen molar-refractivity contribution in [3.63, 3.8) is 0 Å². The third kappa shape index (κ3) is 5.99. The number of hydrogen-bond donors (Lipinski definition) is 2. The van der Waals surface area contributed by atoms with Crippen LogP contribution in [0, 0.1) is 0 Å². The number of aliphatic hydroxyl groups excluding tert-OH is 1. The Kier molecular flexibility index (Phi) is 7.38. The second-order valence-electron chi connectivity index (χ2n) is 7.19. The summed E-state index contributed by atoms with van der Waals surface area (Å²) in [6.45, 7) is 6.14. The number of benzene rings is 1. The second-order valence-corrected chi connectivity index (χ2v) is 7.19. The standard InChI is InChI=1S/C21H27F3N4O2/c1-2-25-20(26-14-18(29)19-7-4-12-30-19)28-10-8-27(9-11-28)15-16-5-3-6-17(13-16)21(22,23)24/h3-7,12-13,18,29H,2,8-11,14-15H2,1H3,(H,25,26). The normalized spacial score (nSPS) is 17.2. The largest absolute Gasteiger partial charge is 0.467 e. The van der Waals surface area contributed by atoms with E-state index >= 15 is 0 Å². The summed E-state index contributed by atoms with van der Waals surface area (Å²) < 4.78 is 43.9. The Morgan fingerprint density at radius 3 is 2.60 bits per heavy atom. The van der Waals surface area contributed by atoms with E-state index in [2.05, 4.69) is 20.1 Å². The molecule has 3 rings (SSSR count). The molecule has 164 valence electrons. The fourth-order valence-corrected chi connectivity index (χ4v) is 3.39. The van der Waals surface area contributed by atoms with E-state index in [4.69, 9.17) is 4.42 Å². The van der Waals surface area contributed by atoms with E-state index in [0.717, 1.165) is 6.07 Å². The van der Waals surface area contributed by atoms with Crippen molar-refractivity contribution in [1.82, 2.24) is 15.1 Å². The molecular formula is C21H27F3N4O2. The first-order valence-corrected chi connectivity index (χ1v) is 10.00. The average Bonchev–Trinajstić information content (AvgIpc) is 3.26. The summed E-state index contributed by atoms with van der Waals surface area (Å²) in [6.07, 6.45) is -3.63. The van der Waals surface area contributed by atoms with Crippen molar-refractivity contribution in [1.29, 1.82) is 0 Å². The lowest BCUT2D eigenvalue weighted by molar-refractivity contribution is -0.137. The molecular weight excluding hydrogens is 397 g/mol. The van der Waals surface area contributed by atoms with Gasteiger partial charge in [-0.25, -0.2) is 4.99 Å². The highest BCUT2D eigenvalue weighted by atomic mass is 19.4. The zero-order chi connectivity index (χ0) is 21.6. The highest BCUT2D eigenvalue weighted by Crippen LogP contribution is 2.29. The summed E-state index contributed by atoms with van der Waals surface area (Å²) in [5.41, 5.74) is 0.0377. The molecule has 1 saturated heterocycles. The molecule has 2 heterocycles. The van der Waals surface area contributed by atoms with Crippen LogP contribution in [0.15, 0.2) is 52.1 Å². The smallest absolute Gasteiger partial charge is 0.416 e. The highest BCUT2D eigenvalue weighted by Gasteiger charge is 2.30. The summed E-state index contributed by atoms with van der Waals surface area (Å²) in [5, 5.41) is 13.4. The van der Waals surface area contributed by atoms with E-state index in [1.54, 1.807) is 18.2 Å². The summed E-state index contributed by atoms with van der Waals surface area (Å²) in [5.74, 6) is 1.18. The average molecular weight is 424 g/mol. The van der Waals surface area contributed by atoms with Crippen LogP contribution in [-0.4, -0.2) is 60.1 Å². The van der Waals surface area contributed by atoms with Gasteiger partial charge in [-0.15, -0.1) is 0 Å². The minimum Gasteiger partial charge on any atom is -0.467 e. The second kappa shape index (κ2) is 9.99. The first kappa shape index (κ1) is 22.2. The number of hydrogen-bond acceptors (Lipinski definition) is 4. The van der Waals surface area contributed by atoms with Crippen molar-refractivity contribution in [2.75, 3.05) is 39.3 Å². The SMILES string of the molecule is CCNC(=NCC(O)c1ccco1)N1CCN(Cc2cccc(C(F)(F)F)c2)CC1. The van der Waals surface area contributed by atoms with Gasteiger partial charge in [0.25, 0.3) is 0 Å². The van der Waals surface area contributed by atoms with Crippen LogP contribution in [0.1, 0.15) is 29.9 Å². The Morgan fingerprint density at radius 1 is 1.20 bits per heavy atom. The van der Waals surface area contributed by atoms with E-state index in [0.29, 0.717) is 56.6 Å². The van der Waals surface area contributed by atoms with Crippen LogP contribution >= 0.6 is 0 Å². The van der Waals surface area contributed by atoms with Crippen LogP contribution in [0.3, 0.4) is 0 Å². The summed E-state index contributed by atoms with van der Waals surface area (Å²) in [4.78, 5) is 8.75. The summed E-state index contributed by atoms with van der Waals surface area (Å²) in [6, 6.07) is 8.92.